The Kier molecular flexibility index (Phi) is 4.23. The average molecular weight is 354 g/mol. The van der Waals surface area contributed by atoms with Crippen molar-refractivity contribution in [2.45, 2.75) is 6.54 Å². The van der Waals surface area contributed by atoms with Gasteiger partial charge in [0, 0.05) is 13.7 Å². The van der Waals surface area contributed by atoms with Crippen molar-refractivity contribution in [1.29, 1.82) is 0 Å². The number of rotatable bonds is 6. The third kappa shape index (κ3) is 2.97. The fourth-order valence-corrected chi connectivity index (χ4v) is 2.61. The van der Waals surface area contributed by atoms with E-state index in [0.29, 0.717) is 42.5 Å². The molecule has 3 heterocycles. The molecule has 0 radical (unpaired) electrons. The Balaban J connectivity index is 1.51. The van der Waals surface area contributed by atoms with Gasteiger partial charge in [0.05, 0.1) is 6.67 Å². The molecule has 4 rings (SSSR count). The zero-order chi connectivity index (χ0) is 17.9. The van der Waals surface area contributed by atoms with E-state index < -0.39 is 0 Å². The number of fused-ring (bicyclic) bond motifs is 1. The van der Waals surface area contributed by atoms with Gasteiger partial charge in [-0.15, -0.1) is 10.2 Å². The van der Waals surface area contributed by atoms with Crippen molar-refractivity contribution in [3.8, 4) is 0 Å². The Hall–Kier alpha value is -3.40. The normalized spacial score (nSPS) is 16.1. The minimum absolute atomic E-state index is 0.273. The van der Waals surface area contributed by atoms with Gasteiger partial charge in [0.2, 0.25) is 0 Å². The molecule has 10 heteroatoms. The van der Waals surface area contributed by atoms with Crippen molar-refractivity contribution < 1.29 is 9.15 Å². The van der Waals surface area contributed by atoms with Crippen LogP contribution in [-0.4, -0.2) is 40.6 Å². The van der Waals surface area contributed by atoms with Crippen LogP contribution in [-0.2, 0) is 11.3 Å². The van der Waals surface area contributed by atoms with Crippen LogP contribution in [0.5, 0.6) is 0 Å². The Bertz CT molecular complexity index is 860. The molecule has 134 valence electrons. The molecule has 0 aliphatic carbocycles. The summed E-state index contributed by atoms with van der Waals surface area (Å²) in [6.07, 6.45) is 0. The van der Waals surface area contributed by atoms with E-state index >= 15 is 0 Å². The summed E-state index contributed by atoms with van der Waals surface area (Å²) in [4.78, 5) is 1.86. The molecule has 0 atom stereocenters. The van der Waals surface area contributed by atoms with Crippen LogP contribution in [0.25, 0.3) is 5.70 Å². The smallest absolute Gasteiger partial charge is 0.316 e. The number of benzene rings is 1. The summed E-state index contributed by atoms with van der Waals surface area (Å²) in [5.41, 5.74) is 1.74. The first-order chi connectivity index (χ1) is 12.8. The van der Waals surface area contributed by atoms with Gasteiger partial charge < -0.3 is 19.8 Å². The van der Waals surface area contributed by atoms with E-state index in [-0.39, 0.29) is 6.73 Å². The van der Waals surface area contributed by atoms with Crippen LogP contribution in [0.15, 0.2) is 63.3 Å². The van der Waals surface area contributed by atoms with Crippen LogP contribution < -0.4 is 10.6 Å². The maximum atomic E-state index is 5.70. The highest BCUT2D eigenvalue weighted by Gasteiger charge is 2.33. The summed E-state index contributed by atoms with van der Waals surface area (Å²) in [5, 5.41) is 24.3. The third-order valence-electron chi connectivity index (χ3n) is 3.93. The molecule has 2 aliphatic heterocycles. The van der Waals surface area contributed by atoms with E-state index in [4.69, 9.17) is 9.15 Å². The SMILES string of the molecule is C=C1N(COC)N=NC2=C(c3nnc(NCc4ccccc4)o3)NCN12. The van der Waals surface area contributed by atoms with Crippen molar-refractivity contribution >= 4 is 11.7 Å². The quantitative estimate of drug-likeness (QED) is 0.811. The highest BCUT2D eigenvalue weighted by Crippen LogP contribution is 2.32. The van der Waals surface area contributed by atoms with Gasteiger partial charge in [-0.2, -0.15) is 0 Å². The summed E-state index contributed by atoms with van der Waals surface area (Å²) in [6.45, 7) is 5.37. The molecule has 1 aromatic carbocycles. The number of ether oxygens (including phenoxy) is 1. The zero-order valence-electron chi connectivity index (χ0n) is 14.2. The van der Waals surface area contributed by atoms with Crippen LogP contribution in [0.2, 0.25) is 0 Å². The molecule has 0 spiro atoms. The van der Waals surface area contributed by atoms with Crippen LogP contribution in [0.1, 0.15) is 11.5 Å². The van der Waals surface area contributed by atoms with Crippen molar-refractivity contribution in [2.75, 3.05) is 25.8 Å². The lowest BCUT2D eigenvalue weighted by atomic mass is 10.2. The second-order valence-corrected chi connectivity index (χ2v) is 5.64. The summed E-state index contributed by atoms with van der Waals surface area (Å²) < 4.78 is 10.8. The van der Waals surface area contributed by atoms with Crippen molar-refractivity contribution in [1.82, 2.24) is 25.4 Å². The number of hydrogen-bond donors (Lipinski definition) is 2. The van der Waals surface area contributed by atoms with Crippen LogP contribution in [0, 0.1) is 0 Å². The fraction of sp³-hybridized carbons (Fsp3) is 0.250. The van der Waals surface area contributed by atoms with E-state index in [1.165, 1.54) is 0 Å². The maximum Gasteiger partial charge on any atom is 0.316 e. The van der Waals surface area contributed by atoms with Crippen LogP contribution >= 0.6 is 0 Å². The van der Waals surface area contributed by atoms with Gasteiger partial charge in [-0.05, 0) is 5.56 Å². The van der Waals surface area contributed by atoms with E-state index in [1.54, 1.807) is 12.1 Å². The Morgan fingerprint density at radius 2 is 2.15 bits per heavy atom. The van der Waals surface area contributed by atoms with Gasteiger partial charge in [0.25, 0.3) is 5.89 Å². The van der Waals surface area contributed by atoms with E-state index in [1.807, 2.05) is 35.2 Å². The van der Waals surface area contributed by atoms with E-state index in [2.05, 4.69) is 37.7 Å². The minimum Gasteiger partial charge on any atom is -0.402 e. The number of nitrogens with zero attached hydrogens (tertiary/aromatic N) is 6. The van der Waals surface area contributed by atoms with Gasteiger partial charge >= 0.3 is 6.01 Å². The number of aromatic nitrogens is 2. The molecule has 1 aromatic heterocycles. The number of hydrogen-bond acceptors (Lipinski definition) is 10. The molecule has 0 fully saturated rings. The Morgan fingerprint density at radius 1 is 1.31 bits per heavy atom. The van der Waals surface area contributed by atoms with Gasteiger partial charge in [-0.3, -0.25) is 4.90 Å². The monoisotopic (exact) mass is 354 g/mol. The minimum atomic E-state index is 0.273. The predicted octanol–water partition coefficient (Wildman–Crippen LogP) is 1.93. The number of nitrogens with one attached hydrogen (secondary N) is 2. The van der Waals surface area contributed by atoms with Crippen molar-refractivity contribution in [3.05, 3.63) is 60.0 Å². The number of anilines is 1. The second kappa shape index (κ2) is 6.84. The summed E-state index contributed by atoms with van der Waals surface area (Å²) in [6, 6.07) is 10.3. The molecule has 2 N–H and O–H groups in total. The largest absolute Gasteiger partial charge is 0.402 e. The van der Waals surface area contributed by atoms with Crippen molar-refractivity contribution in [2.24, 2.45) is 10.3 Å². The first-order valence-corrected chi connectivity index (χ1v) is 8.00. The van der Waals surface area contributed by atoms with Gasteiger partial charge in [0.15, 0.2) is 5.82 Å². The lowest BCUT2D eigenvalue weighted by Gasteiger charge is -2.30. The third-order valence-corrected chi connectivity index (χ3v) is 3.93. The lowest BCUT2D eigenvalue weighted by Crippen LogP contribution is -2.35. The van der Waals surface area contributed by atoms with Gasteiger partial charge in [0.1, 0.15) is 18.2 Å². The molecule has 10 nitrogen and oxygen atoms in total. The topological polar surface area (TPSA) is 103 Å². The highest BCUT2D eigenvalue weighted by molar-refractivity contribution is 5.63. The first-order valence-electron chi connectivity index (χ1n) is 8.00. The molecule has 0 unspecified atom stereocenters. The average Bonchev–Trinajstić information content (AvgIpc) is 3.30. The van der Waals surface area contributed by atoms with E-state index in [9.17, 15) is 0 Å². The molecule has 0 amide bonds. The number of methoxy groups -OCH3 is 1. The van der Waals surface area contributed by atoms with E-state index in [0.717, 1.165) is 5.56 Å². The molecule has 0 saturated heterocycles. The first kappa shape index (κ1) is 16.1. The molecular weight excluding hydrogens is 336 g/mol. The highest BCUT2D eigenvalue weighted by atomic mass is 16.5. The summed E-state index contributed by atoms with van der Waals surface area (Å²) in [7, 11) is 1.59. The second-order valence-electron chi connectivity index (χ2n) is 5.64. The zero-order valence-corrected chi connectivity index (χ0v) is 14.2. The molecule has 0 saturated carbocycles. The molecular formula is C16H18N8O2. The standard InChI is InChI=1S/C16H18N8O2/c1-11-23-9-18-13(14(23)19-22-24(11)10-25-2)15-20-21-16(26-15)17-8-12-6-4-3-5-7-12/h3-7,18H,1,8-10H2,2H3,(H,17,21). The summed E-state index contributed by atoms with van der Waals surface area (Å²) >= 11 is 0. The van der Waals surface area contributed by atoms with Crippen molar-refractivity contribution in [3.63, 3.8) is 0 Å². The molecule has 2 aromatic rings. The molecule has 0 bridgehead atoms. The predicted molar refractivity (Wildman–Crippen MR) is 92.5 cm³/mol. The maximum absolute atomic E-state index is 5.70. The lowest BCUT2D eigenvalue weighted by molar-refractivity contribution is 0.0544. The van der Waals surface area contributed by atoms with Gasteiger partial charge in [-0.1, -0.05) is 47.2 Å². The van der Waals surface area contributed by atoms with Crippen LogP contribution in [0.4, 0.5) is 6.01 Å². The van der Waals surface area contributed by atoms with Crippen LogP contribution in [0.3, 0.4) is 0 Å². The fourth-order valence-electron chi connectivity index (χ4n) is 2.61. The Morgan fingerprint density at radius 3 is 2.96 bits per heavy atom. The Labute approximate surface area is 149 Å². The summed E-state index contributed by atoms with van der Waals surface area (Å²) in [5.74, 6) is 1.58. The van der Waals surface area contributed by atoms with Gasteiger partial charge in [-0.25, -0.2) is 5.01 Å². The molecule has 2 aliphatic rings. The molecule has 26 heavy (non-hydrogen) atoms.